The summed E-state index contributed by atoms with van der Waals surface area (Å²) in [7, 11) is 0. The van der Waals surface area contributed by atoms with E-state index in [1.165, 1.54) is 41.5 Å². The standard InChI is InChI=1S/C27H29NOS/c1-2-25(23-17-16-21-12-6-7-13-22(21)18-23)28-27(29)24-14-8-9-15-26(24)30-19-20-10-4-3-5-11-20/h3-5,8-11,14-18,25H,2,6-7,12-13,19H2,1H3,(H,28,29). The molecule has 3 heteroatoms. The first kappa shape index (κ1) is 20.7. The van der Waals surface area contributed by atoms with Crippen molar-refractivity contribution >= 4 is 17.7 Å². The molecule has 0 aromatic heterocycles. The van der Waals surface area contributed by atoms with E-state index in [4.69, 9.17) is 0 Å². The first-order valence-electron chi connectivity index (χ1n) is 10.9. The van der Waals surface area contributed by atoms with Gasteiger partial charge in [-0.2, -0.15) is 0 Å². The van der Waals surface area contributed by atoms with E-state index in [1.807, 2.05) is 30.3 Å². The van der Waals surface area contributed by atoms with Crippen LogP contribution in [0.3, 0.4) is 0 Å². The molecule has 0 heterocycles. The van der Waals surface area contributed by atoms with E-state index < -0.39 is 0 Å². The Balaban J connectivity index is 1.48. The molecule has 0 fully saturated rings. The summed E-state index contributed by atoms with van der Waals surface area (Å²) in [6.45, 7) is 2.14. The number of aryl methyl sites for hydroxylation is 2. The molecule has 1 atom stereocenters. The van der Waals surface area contributed by atoms with Crippen molar-refractivity contribution < 1.29 is 4.79 Å². The Kier molecular flexibility index (Phi) is 6.91. The number of amides is 1. The first-order valence-corrected chi connectivity index (χ1v) is 11.9. The van der Waals surface area contributed by atoms with E-state index in [-0.39, 0.29) is 11.9 Å². The van der Waals surface area contributed by atoms with Gasteiger partial charge < -0.3 is 5.32 Å². The summed E-state index contributed by atoms with van der Waals surface area (Å²) < 4.78 is 0. The molecule has 0 spiro atoms. The van der Waals surface area contributed by atoms with Gasteiger partial charge in [0.05, 0.1) is 11.6 Å². The molecule has 1 aliphatic rings. The highest BCUT2D eigenvalue weighted by Crippen LogP contribution is 2.29. The van der Waals surface area contributed by atoms with Gasteiger partial charge in [-0.3, -0.25) is 4.79 Å². The fourth-order valence-corrected chi connectivity index (χ4v) is 5.15. The Morgan fingerprint density at radius 2 is 1.67 bits per heavy atom. The fraction of sp³-hybridized carbons (Fsp3) is 0.296. The SMILES string of the molecule is CCC(NC(=O)c1ccccc1SCc1ccccc1)c1ccc2c(c1)CCCC2. The van der Waals surface area contributed by atoms with Crippen LogP contribution >= 0.6 is 11.8 Å². The van der Waals surface area contributed by atoms with Gasteiger partial charge in [-0.1, -0.05) is 67.6 Å². The molecule has 2 nitrogen and oxygen atoms in total. The van der Waals surface area contributed by atoms with E-state index in [0.29, 0.717) is 0 Å². The van der Waals surface area contributed by atoms with Crippen LogP contribution in [0.1, 0.15) is 64.8 Å². The quantitative estimate of drug-likeness (QED) is 0.433. The second-order valence-corrected chi connectivity index (χ2v) is 8.96. The van der Waals surface area contributed by atoms with E-state index in [0.717, 1.165) is 29.1 Å². The minimum absolute atomic E-state index is 0.00994. The average molecular weight is 416 g/mol. The summed E-state index contributed by atoms with van der Waals surface area (Å²) in [6.07, 6.45) is 5.78. The van der Waals surface area contributed by atoms with Gasteiger partial charge in [0.15, 0.2) is 0 Å². The normalized spacial score (nSPS) is 14.0. The molecule has 1 aliphatic carbocycles. The first-order chi connectivity index (χ1) is 14.7. The van der Waals surface area contributed by atoms with Crippen LogP contribution in [0.15, 0.2) is 77.7 Å². The molecule has 0 saturated heterocycles. The molecule has 0 aliphatic heterocycles. The van der Waals surface area contributed by atoms with E-state index in [9.17, 15) is 4.79 Å². The van der Waals surface area contributed by atoms with Crippen LogP contribution in [0.25, 0.3) is 0 Å². The molecular weight excluding hydrogens is 386 g/mol. The van der Waals surface area contributed by atoms with E-state index in [2.05, 4.69) is 54.7 Å². The predicted molar refractivity (Wildman–Crippen MR) is 126 cm³/mol. The summed E-state index contributed by atoms with van der Waals surface area (Å²) in [5.74, 6) is 0.864. The maximum absolute atomic E-state index is 13.2. The molecular formula is C27H29NOS. The number of fused-ring (bicyclic) bond motifs is 1. The summed E-state index contributed by atoms with van der Waals surface area (Å²) in [5.41, 5.74) is 6.19. The molecule has 4 rings (SSSR count). The third-order valence-electron chi connectivity index (χ3n) is 5.86. The molecule has 1 N–H and O–H groups in total. The lowest BCUT2D eigenvalue weighted by Gasteiger charge is -2.22. The van der Waals surface area contributed by atoms with Crippen molar-refractivity contribution in [3.63, 3.8) is 0 Å². The van der Waals surface area contributed by atoms with Crippen molar-refractivity contribution in [1.29, 1.82) is 0 Å². The largest absolute Gasteiger partial charge is 0.345 e. The Hall–Kier alpha value is -2.52. The molecule has 0 saturated carbocycles. The average Bonchev–Trinajstić information content (AvgIpc) is 2.81. The van der Waals surface area contributed by atoms with Crippen LogP contribution < -0.4 is 5.32 Å². The number of thioether (sulfide) groups is 1. The number of rotatable bonds is 7. The Morgan fingerprint density at radius 1 is 0.933 bits per heavy atom. The molecule has 1 unspecified atom stereocenters. The van der Waals surface area contributed by atoms with Crippen LogP contribution in [0, 0.1) is 0 Å². The number of hydrogen-bond acceptors (Lipinski definition) is 2. The van der Waals surface area contributed by atoms with Gasteiger partial charge in [0, 0.05) is 10.6 Å². The van der Waals surface area contributed by atoms with Gasteiger partial charge >= 0.3 is 0 Å². The number of carbonyl (C=O) groups is 1. The van der Waals surface area contributed by atoms with Crippen molar-refractivity contribution in [3.8, 4) is 0 Å². The van der Waals surface area contributed by atoms with Gasteiger partial charge in [-0.15, -0.1) is 11.8 Å². The monoisotopic (exact) mass is 415 g/mol. The zero-order valence-electron chi connectivity index (χ0n) is 17.6. The van der Waals surface area contributed by atoms with Crippen LogP contribution in [-0.4, -0.2) is 5.91 Å². The highest BCUT2D eigenvalue weighted by molar-refractivity contribution is 7.98. The Morgan fingerprint density at radius 3 is 2.47 bits per heavy atom. The third-order valence-corrected chi connectivity index (χ3v) is 7.00. The van der Waals surface area contributed by atoms with Crippen LogP contribution in [0.4, 0.5) is 0 Å². The fourth-order valence-electron chi connectivity index (χ4n) is 4.14. The predicted octanol–water partition coefficient (Wildman–Crippen LogP) is 6.74. The summed E-state index contributed by atoms with van der Waals surface area (Å²) in [4.78, 5) is 14.2. The maximum atomic E-state index is 13.2. The minimum atomic E-state index is 0.00994. The van der Waals surface area contributed by atoms with Crippen LogP contribution in [0.2, 0.25) is 0 Å². The summed E-state index contributed by atoms with van der Waals surface area (Å²) in [6, 6.07) is 25.1. The van der Waals surface area contributed by atoms with Gasteiger partial charge in [0.25, 0.3) is 5.91 Å². The van der Waals surface area contributed by atoms with Crippen molar-refractivity contribution in [2.45, 2.75) is 55.7 Å². The van der Waals surface area contributed by atoms with Crippen molar-refractivity contribution in [1.82, 2.24) is 5.32 Å². The van der Waals surface area contributed by atoms with Gasteiger partial charge in [-0.25, -0.2) is 0 Å². The van der Waals surface area contributed by atoms with E-state index in [1.54, 1.807) is 11.8 Å². The molecule has 0 radical (unpaired) electrons. The second kappa shape index (κ2) is 9.99. The second-order valence-electron chi connectivity index (χ2n) is 7.94. The topological polar surface area (TPSA) is 29.1 Å². The van der Waals surface area contributed by atoms with Gasteiger partial charge in [0.2, 0.25) is 0 Å². The van der Waals surface area contributed by atoms with Crippen LogP contribution in [-0.2, 0) is 18.6 Å². The smallest absolute Gasteiger partial charge is 0.252 e. The lowest BCUT2D eigenvalue weighted by molar-refractivity contribution is 0.0932. The highest BCUT2D eigenvalue weighted by Gasteiger charge is 2.18. The molecule has 1 amide bonds. The highest BCUT2D eigenvalue weighted by atomic mass is 32.2. The number of benzene rings is 3. The summed E-state index contributed by atoms with van der Waals surface area (Å²) >= 11 is 1.72. The van der Waals surface area contributed by atoms with Crippen molar-refractivity contribution in [3.05, 3.63) is 101 Å². The Labute approximate surface area is 184 Å². The molecule has 154 valence electrons. The summed E-state index contributed by atoms with van der Waals surface area (Å²) in [5, 5.41) is 3.29. The molecule has 30 heavy (non-hydrogen) atoms. The number of nitrogens with one attached hydrogen (secondary N) is 1. The zero-order chi connectivity index (χ0) is 20.8. The zero-order valence-corrected chi connectivity index (χ0v) is 18.4. The van der Waals surface area contributed by atoms with Crippen molar-refractivity contribution in [2.75, 3.05) is 0 Å². The maximum Gasteiger partial charge on any atom is 0.252 e. The molecule has 0 bridgehead atoms. The lowest BCUT2D eigenvalue weighted by Crippen LogP contribution is -2.28. The molecule has 3 aromatic carbocycles. The lowest BCUT2D eigenvalue weighted by atomic mass is 9.88. The third kappa shape index (κ3) is 4.96. The number of hydrogen-bond donors (Lipinski definition) is 1. The van der Waals surface area contributed by atoms with Gasteiger partial charge in [-0.05, 0) is 66.5 Å². The minimum Gasteiger partial charge on any atom is -0.345 e. The van der Waals surface area contributed by atoms with Crippen molar-refractivity contribution in [2.24, 2.45) is 0 Å². The van der Waals surface area contributed by atoms with Gasteiger partial charge in [0.1, 0.15) is 0 Å². The number of carbonyl (C=O) groups excluding carboxylic acids is 1. The Bertz CT molecular complexity index is 999. The van der Waals surface area contributed by atoms with Crippen LogP contribution in [0.5, 0.6) is 0 Å². The molecule has 3 aromatic rings. The van der Waals surface area contributed by atoms with E-state index >= 15 is 0 Å².